The number of halogens is 7. The van der Waals surface area contributed by atoms with Crippen LogP contribution >= 0.6 is 11.6 Å². The first-order chi connectivity index (χ1) is 16.6. The molecular weight excluding hydrogens is 542 g/mol. The van der Waals surface area contributed by atoms with Crippen LogP contribution in [0.2, 0.25) is 5.02 Å². The standard InChI is InChI=1S/C20H25ClF6N4O4S/c1-36(33,34)31-8-6-29(7-9-31)15-10-14(21)3-2-13(15)12-30-5-4-28-11-16(30)17(32)35-18(19(22,23)24)20(25,26)27/h2-3,10,16,18,28H,4-9,11-12H2,1H3. The third-order valence-corrected chi connectivity index (χ3v) is 7.46. The first kappa shape index (κ1) is 28.8. The maximum absolute atomic E-state index is 12.9. The van der Waals surface area contributed by atoms with Crippen LogP contribution in [0.25, 0.3) is 0 Å². The number of carbonyl (C=O) groups excluding carboxylic acids is 1. The predicted molar refractivity (Wildman–Crippen MR) is 119 cm³/mol. The van der Waals surface area contributed by atoms with E-state index in [1.54, 1.807) is 18.2 Å². The molecule has 2 heterocycles. The summed E-state index contributed by atoms with van der Waals surface area (Å²) in [6.07, 6.45) is -14.7. The molecule has 2 aliphatic heterocycles. The van der Waals surface area contributed by atoms with Crippen molar-refractivity contribution in [2.45, 2.75) is 31.0 Å². The van der Waals surface area contributed by atoms with Gasteiger partial charge in [-0.1, -0.05) is 17.7 Å². The number of anilines is 1. The van der Waals surface area contributed by atoms with Crippen molar-refractivity contribution in [1.29, 1.82) is 0 Å². The molecule has 0 bridgehead atoms. The molecule has 1 aromatic rings. The molecule has 16 heteroatoms. The molecule has 0 aromatic heterocycles. The second-order valence-corrected chi connectivity index (χ2v) is 10.9. The van der Waals surface area contributed by atoms with Gasteiger partial charge in [0.25, 0.3) is 6.10 Å². The van der Waals surface area contributed by atoms with Crippen LogP contribution in [0.15, 0.2) is 18.2 Å². The predicted octanol–water partition coefficient (Wildman–Crippen LogP) is 2.23. The molecule has 2 fully saturated rings. The number of hydrogen-bond acceptors (Lipinski definition) is 7. The van der Waals surface area contributed by atoms with Crippen molar-refractivity contribution < 1.29 is 44.3 Å². The van der Waals surface area contributed by atoms with Crippen molar-refractivity contribution in [1.82, 2.24) is 14.5 Å². The van der Waals surface area contributed by atoms with Gasteiger partial charge in [-0.05, 0) is 17.7 Å². The Morgan fingerprint density at radius 1 is 1.11 bits per heavy atom. The molecule has 2 saturated heterocycles. The SMILES string of the molecule is CS(=O)(=O)N1CCN(c2cc(Cl)ccc2CN2CCNCC2C(=O)OC(C(F)(F)F)C(F)(F)F)CC1. The van der Waals surface area contributed by atoms with Crippen LogP contribution in [0.1, 0.15) is 5.56 Å². The van der Waals surface area contributed by atoms with Crippen molar-refractivity contribution in [2.24, 2.45) is 0 Å². The van der Waals surface area contributed by atoms with Gasteiger partial charge in [-0.25, -0.2) is 8.42 Å². The Morgan fingerprint density at radius 3 is 2.28 bits per heavy atom. The maximum atomic E-state index is 12.9. The first-order valence-electron chi connectivity index (χ1n) is 10.8. The molecular formula is C20H25ClF6N4O4S. The number of sulfonamides is 1. The maximum Gasteiger partial charge on any atom is 0.434 e. The van der Waals surface area contributed by atoms with Gasteiger partial charge in [-0.15, -0.1) is 0 Å². The number of piperazine rings is 2. The lowest BCUT2D eigenvalue weighted by Crippen LogP contribution is -2.57. The Hall–Kier alpha value is -1.81. The highest BCUT2D eigenvalue weighted by molar-refractivity contribution is 7.88. The Morgan fingerprint density at radius 2 is 1.72 bits per heavy atom. The molecule has 1 N–H and O–H groups in total. The topological polar surface area (TPSA) is 82.2 Å². The van der Waals surface area contributed by atoms with Crippen LogP contribution < -0.4 is 10.2 Å². The zero-order chi connectivity index (χ0) is 26.9. The molecule has 0 spiro atoms. The Kier molecular flexibility index (Phi) is 8.70. The zero-order valence-corrected chi connectivity index (χ0v) is 20.6. The van der Waals surface area contributed by atoms with Crippen LogP contribution in [0.5, 0.6) is 0 Å². The molecule has 0 saturated carbocycles. The highest BCUT2D eigenvalue weighted by Gasteiger charge is 2.60. The quantitative estimate of drug-likeness (QED) is 0.418. The summed E-state index contributed by atoms with van der Waals surface area (Å²) in [6, 6.07) is 3.48. The van der Waals surface area contributed by atoms with Crippen molar-refractivity contribution in [3.63, 3.8) is 0 Å². The summed E-state index contributed by atoms with van der Waals surface area (Å²) >= 11 is 6.16. The minimum absolute atomic E-state index is 0.0168. The average Bonchev–Trinajstić information content (AvgIpc) is 2.77. The van der Waals surface area contributed by atoms with E-state index in [-0.39, 0.29) is 32.7 Å². The lowest BCUT2D eigenvalue weighted by molar-refractivity contribution is -0.314. The van der Waals surface area contributed by atoms with E-state index >= 15 is 0 Å². The van der Waals surface area contributed by atoms with Crippen molar-refractivity contribution in [3.05, 3.63) is 28.8 Å². The number of alkyl halides is 6. The number of esters is 1. The van der Waals surface area contributed by atoms with Gasteiger partial charge in [0.05, 0.1) is 6.26 Å². The van der Waals surface area contributed by atoms with E-state index in [4.69, 9.17) is 11.6 Å². The minimum atomic E-state index is -5.81. The van der Waals surface area contributed by atoms with Crippen LogP contribution in [0.3, 0.4) is 0 Å². The molecule has 3 rings (SSSR count). The molecule has 2 aliphatic rings. The molecule has 1 atom stereocenters. The van der Waals surface area contributed by atoms with E-state index in [0.717, 1.165) is 6.26 Å². The van der Waals surface area contributed by atoms with Gasteiger partial charge < -0.3 is 15.0 Å². The van der Waals surface area contributed by atoms with E-state index < -0.39 is 40.5 Å². The lowest BCUT2D eigenvalue weighted by Gasteiger charge is -2.38. The fourth-order valence-electron chi connectivity index (χ4n) is 4.13. The van der Waals surface area contributed by atoms with E-state index in [1.165, 1.54) is 9.21 Å². The third kappa shape index (κ3) is 7.15. The van der Waals surface area contributed by atoms with Gasteiger partial charge in [-0.2, -0.15) is 30.6 Å². The second kappa shape index (κ2) is 10.9. The van der Waals surface area contributed by atoms with E-state index in [1.807, 2.05) is 4.90 Å². The number of rotatable bonds is 6. The number of benzene rings is 1. The number of nitrogens with zero attached hydrogens (tertiary/aromatic N) is 3. The smallest absolute Gasteiger partial charge is 0.434 e. The van der Waals surface area contributed by atoms with Crippen LogP contribution in [0.4, 0.5) is 32.0 Å². The Balaban J connectivity index is 1.79. The summed E-state index contributed by atoms with van der Waals surface area (Å²) in [7, 11) is -3.37. The molecule has 36 heavy (non-hydrogen) atoms. The fourth-order valence-corrected chi connectivity index (χ4v) is 5.12. The van der Waals surface area contributed by atoms with Crippen LogP contribution in [0, 0.1) is 0 Å². The second-order valence-electron chi connectivity index (χ2n) is 8.51. The van der Waals surface area contributed by atoms with Crippen molar-refractivity contribution >= 4 is 33.3 Å². The van der Waals surface area contributed by atoms with E-state index in [0.29, 0.717) is 35.9 Å². The van der Waals surface area contributed by atoms with Gasteiger partial charge in [0.1, 0.15) is 6.04 Å². The summed E-state index contributed by atoms with van der Waals surface area (Å²) in [6.45, 7) is 1.46. The number of ether oxygens (including phenoxy) is 1. The summed E-state index contributed by atoms with van der Waals surface area (Å²) in [5.41, 5.74) is 1.25. The number of hydrogen-bond donors (Lipinski definition) is 1. The lowest BCUT2D eigenvalue weighted by atomic mass is 10.1. The number of nitrogens with one attached hydrogen (secondary N) is 1. The third-order valence-electron chi connectivity index (χ3n) is 5.92. The van der Waals surface area contributed by atoms with Gasteiger partial charge in [-0.3, -0.25) is 9.69 Å². The zero-order valence-electron chi connectivity index (χ0n) is 19.1. The highest BCUT2D eigenvalue weighted by atomic mass is 35.5. The largest absolute Gasteiger partial charge is 0.442 e. The normalized spacial score (nSPS) is 21.1. The van der Waals surface area contributed by atoms with Gasteiger partial charge in [0.15, 0.2) is 0 Å². The van der Waals surface area contributed by atoms with Crippen molar-refractivity contribution in [3.8, 4) is 0 Å². The molecule has 0 amide bonds. The van der Waals surface area contributed by atoms with Gasteiger partial charge >= 0.3 is 18.3 Å². The highest BCUT2D eigenvalue weighted by Crippen LogP contribution is 2.36. The fraction of sp³-hybridized carbons (Fsp3) is 0.650. The first-order valence-corrected chi connectivity index (χ1v) is 13.1. The van der Waals surface area contributed by atoms with Crippen LogP contribution in [-0.4, -0.2) is 100 Å². The molecule has 0 aliphatic carbocycles. The Bertz CT molecular complexity index is 1030. The molecule has 1 unspecified atom stereocenters. The monoisotopic (exact) mass is 566 g/mol. The van der Waals surface area contributed by atoms with Gasteiger partial charge in [0, 0.05) is 63.1 Å². The van der Waals surface area contributed by atoms with Crippen LogP contribution in [-0.2, 0) is 26.1 Å². The van der Waals surface area contributed by atoms with E-state index in [2.05, 4.69) is 10.1 Å². The Labute approximate surface area is 209 Å². The minimum Gasteiger partial charge on any atom is -0.442 e. The van der Waals surface area contributed by atoms with Crippen molar-refractivity contribution in [2.75, 3.05) is 57.0 Å². The molecule has 0 radical (unpaired) electrons. The number of carbonyl (C=O) groups is 1. The summed E-state index contributed by atoms with van der Waals surface area (Å²) < 4.78 is 106. The summed E-state index contributed by atoms with van der Waals surface area (Å²) in [5.74, 6) is -1.64. The summed E-state index contributed by atoms with van der Waals surface area (Å²) in [4.78, 5) is 15.8. The van der Waals surface area contributed by atoms with E-state index in [9.17, 15) is 39.6 Å². The molecule has 204 valence electrons. The molecule has 8 nitrogen and oxygen atoms in total. The average molecular weight is 567 g/mol. The van der Waals surface area contributed by atoms with Gasteiger partial charge in [0.2, 0.25) is 10.0 Å². The molecule has 1 aromatic carbocycles. The summed E-state index contributed by atoms with van der Waals surface area (Å²) in [5, 5.41) is 3.17.